The summed E-state index contributed by atoms with van der Waals surface area (Å²) < 4.78 is 43.1. The van der Waals surface area contributed by atoms with Crippen LogP contribution in [-0.2, 0) is 17.5 Å². The first kappa shape index (κ1) is 24.8. The molecule has 0 fully saturated rings. The normalized spacial score (nSPS) is 12.3. The zero-order chi connectivity index (χ0) is 24.9. The summed E-state index contributed by atoms with van der Waals surface area (Å²) in [5, 5.41) is 21.7. The lowest BCUT2D eigenvalue weighted by molar-refractivity contribution is -0.141. The minimum atomic E-state index is -4.76. The topological polar surface area (TPSA) is 73.1 Å². The average molecular weight is 467 g/mol. The van der Waals surface area contributed by atoms with Crippen LogP contribution in [0.1, 0.15) is 48.4 Å². The van der Waals surface area contributed by atoms with Crippen LogP contribution in [0.3, 0.4) is 0 Å². The summed E-state index contributed by atoms with van der Waals surface area (Å²) in [5.41, 5.74) is 0.935. The molecule has 2 N–H and O–H groups in total. The minimum Gasteiger partial charge on any atom is -0.481 e. The van der Waals surface area contributed by atoms with Crippen molar-refractivity contribution in [2.24, 2.45) is 5.92 Å². The highest BCUT2D eigenvalue weighted by molar-refractivity contribution is 5.81. The molecule has 4 nitrogen and oxygen atoms in total. The number of halogens is 3. The Bertz CT molecular complexity index is 1180. The number of anilines is 1. The van der Waals surface area contributed by atoms with Gasteiger partial charge in [0.15, 0.2) is 0 Å². The van der Waals surface area contributed by atoms with Crippen LogP contribution < -0.4 is 5.32 Å². The Morgan fingerprint density at radius 2 is 1.68 bits per heavy atom. The van der Waals surface area contributed by atoms with E-state index in [0.717, 1.165) is 0 Å². The van der Waals surface area contributed by atoms with Crippen molar-refractivity contribution in [3.8, 4) is 17.2 Å². The number of hydrogen-bond donors (Lipinski definition) is 2. The van der Waals surface area contributed by atoms with Gasteiger partial charge in [0.25, 0.3) is 0 Å². The van der Waals surface area contributed by atoms with Gasteiger partial charge in [-0.1, -0.05) is 56.3 Å². The van der Waals surface area contributed by atoms with Gasteiger partial charge >= 0.3 is 12.1 Å². The van der Waals surface area contributed by atoms with E-state index in [4.69, 9.17) is 5.26 Å². The largest absolute Gasteiger partial charge is 0.481 e. The van der Waals surface area contributed by atoms with E-state index in [1.54, 1.807) is 68.4 Å². The molecule has 3 rings (SSSR count). The van der Waals surface area contributed by atoms with Crippen LogP contribution in [0.4, 0.5) is 18.9 Å². The summed E-state index contributed by atoms with van der Waals surface area (Å²) in [5.74, 6) is -2.71. The van der Waals surface area contributed by atoms with Gasteiger partial charge in [0.1, 0.15) is 0 Å². The van der Waals surface area contributed by atoms with E-state index in [1.165, 1.54) is 12.1 Å². The molecule has 0 aliphatic carbocycles. The van der Waals surface area contributed by atoms with Crippen LogP contribution in [0.2, 0.25) is 0 Å². The molecule has 0 amide bonds. The smallest absolute Gasteiger partial charge is 0.418 e. The molecular weight excluding hydrogens is 441 g/mol. The van der Waals surface area contributed by atoms with Crippen molar-refractivity contribution < 1.29 is 23.1 Å². The lowest BCUT2D eigenvalue weighted by atomic mass is 9.84. The van der Waals surface area contributed by atoms with E-state index in [-0.39, 0.29) is 30.1 Å². The molecule has 3 aromatic carbocycles. The van der Waals surface area contributed by atoms with Crippen molar-refractivity contribution in [2.45, 2.75) is 38.9 Å². The van der Waals surface area contributed by atoms with Crippen LogP contribution in [-0.4, -0.2) is 11.1 Å². The zero-order valence-corrected chi connectivity index (χ0v) is 18.9. The van der Waals surface area contributed by atoms with Crippen LogP contribution in [0.15, 0.2) is 66.7 Å². The summed E-state index contributed by atoms with van der Waals surface area (Å²) in [6, 6.07) is 20.2. The van der Waals surface area contributed by atoms with Crippen molar-refractivity contribution in [1.82, 2.24) is 0 Å². The van der Waals surface area contributed by atoms with Crippen molar-refractivity contribution in [3.05, 3.63) is 89.0 Å². The standard InChI is InChI=1S/C27H25F3N2O2/c1-17(2)12-23(26(33)34)22-13-21(20-6-4-3-5-7-20)14-24(25(22)27(28,29)30)32-16-19-10-8-18(15-31)9-11-19/h3-11,13-14,17,23,32H,12,16H2,1-2H3,(H,33,34)/t23-/m1/s1. The molecule has 0 spiro atoms. The van der Waals surface area contributed by atoms with E-state index >= 15 is 0 Å². The fourth-order valence-corrected chi connectivity index (χ4v) is 3.92. The Kier molecular flexibility index (Phi) is 7.62. The molecule has 0 saturated heterocycles. The van der Waals surface area contributed by atoms with Gasteiger partial charge in [0.05, 0.1) is 23.1 Å². The average Bonchev–Trinajstić information content (AvgIpc) is 2.80. The maximum Gasteiger partial charge on any atom is 0.418 e. The molecule has 0 bridgehead atoms. The predicted octanol–water partition coefficient (Wildman–Crippen LogP) is 7.07. The van der Waals surface area contributed by atoms with Gasteiger partial charge < -0.3 is 10.4 Å². The molecule has 3 aromatic rings. The molecule has 34 heavy (non-hydrogen) atoms. The maximum atomic E-state index is 14.4. The van der Waals surface area contributed by atoms with Crippen LogP contribution >= 0.6 is 0 Å². The summed E-state index contributed by atoms with van der Waals surface area (Å²) in [4.78, 5) is 12.1. The first-order valence-electron chi connectivity index (χ1n) is 10.9. The van der Waals surface area contributed by atoms with Gasteiger partial charge in [-0.3, -0.25) is 4.79 Å². The lowest BCUT2D eigenvalue weighted by Gasteiger charge is -2.25. The second-order valence-electron chi connectivity index (χ2n) is 8.53. The first-order chi connectivity index (χ1) is 16.1. The monoisotopic (exact) mass is 466 g/mol. The molecule has 0 unspecified atom stereocenters. The minimum absolute atomic E-state index is 0.0751. The zero-order valence-electron chi connectivity index (χ0n) is 18.9. The van der Waals surface area contributed by atoms with Gasteiger partial charge in [-0.15, -0.1) is 0 Å². The molecule has 0 aliphatic rings. The third kappa shape index (κ3) is 5.96. The predicted molar refractivity (Wildman–Crippen MR) is 125 cm³/mol. The quantitative estimate of drug-likeness (QED) is 0.372. The number of rotatable bonds is 8. The van der Waals surface area contributed by atoms with Crippen molar-refractivity contribution in [3.63, 3.8) is 0 Å². The second-order valence-corrected chi connectivity index (χ2v) is 8.53. The molecule has 0 aliphatic heterocycles. The Labute approximate surface area is 196 Å². The number of benzene rings is 3. The van der Waals surface area contributed by atoms with Crippen molar-refractivity contribution in [1.29, 1.82) is 5.26 Å². The van der Waals surface area contributed by atoms with E-state index in [9.17, 15) is 23.1 Å². The van der Waals surface area contributed by atoms with Crippen molar-refractivity contribution in [2.75, 3.05) is 5.32 Å². The number of alkyl halides is 3. The third-order valence-electron chi connectivity index (χ3n) is 5.51. The fourth-order valence-electron chi connectivity index (χ4n) is 3.92. The van der Waals surface area contributed by atoms with Gasteiger partial charge in [0, 0.05) is 12.2 Å². The molecular formula is C27H25F3N2O2. The van der Waals surface area contributed by atoms with Gasteiger partial charge in [-0.2, -0.15) is 18.4 Å². The Morgan fingerprint density at radius 1 is 1.03 bits per heavy atom. The van der Waals surface area contributed by atoms with Gasteiger partial charge in [0.2, 0.25) is 0 Å². The number of carboxylic acids is 1. The molecule has 0 saturated carbocycles. The summed E-state index contributed by atoms with van der Waals surface area (Å²) in [7, 11) is 0. The Hall–Kier alpha value is -3.79. The molecule has 7 heteroatoms. The van der Waals surface area contributed by atoms with Crippen LogP contribution in [0.5, 0.6) is 0 Å². The number of carboxylic acid groups (broad SMARTS) is 1. The highest BCUT2D eigenvalue weighted by atomic mass is 19.4. The Morgan fingerprint density at radius 3 is 2.21 bits per heavy atom. The molecule has 0 heterocycles. The van der Waals surface area contributed by atoms with E-state index in [0.29, 0.717) is 22.3 Å². The highest BCUT2D eigenvalue weighted by Gasteiger charge is 2.40. The van der Waals surface area contributed by atoms with E-state index in [2.05, 4.69) is 5.32 Å². The lowest BCUT2D eigenvalue weighted by Crippen LogP contribution is -2.21. The number of aliphatic carboxylic acids is 1. The molecule has 0 aromatic heterocycles. The second kappa shape index (κ2) is 10.4. The number of nitrogens with one attached hydrogen (secondary N) is 1. The fraction of sp³-hybridized carbons (Fsp3) is 0.259. The third-order valence-corrected chi connectivity index (χ3v) is 5.51. The molecule has 1 atom stereocenters. The number of carbonyl (C=O) groups is 1. The SMILES string of the molecule is CC(C)C[C@@H](C(=O)O)c1cc(-c2ccccc2)cc(NCc2ccc(C#N)cc2)c1C(F)(F)F. The van der Waals surface area contributed by atoms with E-state index < -0.39 is 23.6 Å². The summed E-state index contributed by atoms with van der Waals surface area (Å²) >= 11 is 0. The van der Waals surface area contributed by atoms with Gasteiger partial charge in [-0.25, -0.2) is 0 Å². The van der Waals surface area contributed by atoms with Crippen molar-refractivity contribution >= 4 is 11.7 Å². The number of hydrogen-bond acceptors (Lipinski definition) is 3. The van der Waals surface area contributed by atoms with Crippen LogP contribution in [0, 0.1) is 17.2 Å². The molecule has 0 radical (unpaired) electrons. The number of nitriles is 1. The summed E-state index contributed by atoms with van der Waals surface area (Å²) in [6.07, 6.45) is -4.69. The first-order valence-corrected chi connectivity index (χ1v) is 10.9. The van der Waals surface area contributed by atoms with Gasteiger partial charge in [-0.05, 0) is 58.9 Å². The highest BCUT2D eigenvalue weighted by Crippen LogP contribution is 2.44. The Balaban J connectivity index is 2.17. The molecule has 176 valence electrons. The number of nitrogens with zero attached hydrogens (tertiary/aromatic N) is 1. The summed E-state index contributed by atoms with van der Waals surface area (Å²) in [6.45, 7) is 3.65. The maximum absolute atomic E-state index is 14.4. The van der Waals surface area contributed by atoms with Crippen LogP contribution in [0.25, 0.3) is 11.1 Å². The van der Waals surface area contributed by atoms with E-state index in [1.807, 2.05) is 6.07 Å².